The summed E-state index contributed by atoms with van der Waals surface area (Å²) in [6, 6.07) is 4.31. The van der Waals surface area contributed by atoms with Gasteiger partial charge in [-0.3, -0.25) is 4.90 Å². The second-order valence-electron chi connectivity index (χ2n) is 4.75. The van der Waals surface area contributed by atoms with Crippen molar-refractivity contribution in [2.24, 2.45) is 0 Å². The Labute approximate surface area is 120 Å². The highest BCUT2D eigenvalue weighted by Gasteiger charge is 2.19. The molecule has 0 spiro atoms. The number of aromatic amines is 1. The molecule has 19 heavy (non-hydrogen) atoms. The van der Waals surface area contributed by atoms with Crippen molar-refractivity contribution in [3.05, 3.63) is 23.5 Å². The van der Waals surface area contributed by atoms with Gasteiger partial charge in [-0.15, -0.1) is 12.4 Å². The zero-order chi connectivity index (χ0) is 13.0. The number of hydrogen-bond acceptors (Lipinski definition) is 4. The molecule has 0 saturated carbocycles. The van der Waals surface area contributed by atoms with E-state index in [4.69, 9.17) is 0 Å². The molecule has 1 saturated heterocycles. The van der Waals surface area contributed by atoms with Crippen molar-refractivity contribution in [1.82, 2.24) is 15.2 Å². The molecule has 0 aliphatic carbocycles. The SMILES string of the molecule is CNC1CCCN(Cc2ccc(C(=O)OC)[nH]2)C1.Cl. The fourth-order valence-corrected chi connectivity index (χ4v) is 2.44. The average Bonchev–Trinajstić information content (AvgIpc) is 2.86. The van der Waals surface area contributed by atoms with Gasteiger partial charge in [0.05, 0.1) is 7.11 Å². The number of rotatable bonds is 4. The molecule has 1 fully saturated rings. The zero-order valence-electron chi connectivity index (χ0n) is 11.4. The summed E-state index contributed by atoms with van der Waals surface area (Å²) in [5.41, 5.74) is 1.59. The Morgan fingerprint density at radius 2 is 2.37 bits per heavy atom. The molecule has 2 heterocycles. The van der Waals surface area contributed by atoms with Gasteiger partial charge in [0, 0.05) is 24.8 Å². The van der Waals surface area contributed by atoms with Crippen LogP contribution in [0.1, 0.15) is 29.0 Å². The zero-order valence-corrected chi connectivity index (χ0v) is 12.3. The van der Waals surface area contributed by atoms with E-state index in [0.717, 1.165) is 25.3 Å². The van der Waals surface area contributed by atoms with Crippen LogP contribution in [0.25, 0.3) is 0 Å². The molecule has 0 amide bonds. The summed E-state index contributed by atoms with van der Waals surface area (Å²) in [6.07, 6.45) is 2.46. The molecule has 2 rings (SSSR count). The van der Waals surface area contributed by atoms with Crippen molar-refractivity contribution in [1.29, 1.82) is 0 Å². The van der Waals surface area contributed by atoms with Crippen LogP contribution in [0.2, 0.25) is 0 Å². The van der Waals surface area contributed by atoms with Crippen LogP contribution in [-0.4, -0.2) is 49.1 Å². The average molecular weight is 288 g/mol. The van der Waals surface area contributed by atoms with E-state index in [0.29, 0.717) is 11.7 Å². The van der Waals surface area contributed by atoms with Crippen LogP contribution in [0.15, 0.2) is 12.1 Å². The quantitative estimate of drug-likeness (QED) is 0.822. The van der Waals surface area contributed by atoms with Crippen LogP contribution in [0.5, 0.6) is 0 Å². The molecule has 0 bridgehead atoms. The third-order valence-corrected chi connectivity index (χ3v) is 3.46. The number of aromatic nitrogens is 1. The highest BCUT2D eigenvalue weighted by atomic mass is 35.5. The smallest absolute Gasteiger partial charge is 0.354 e. The van der Waals surface area contributed by atoms with E-state index in [1.165, 1.54) is 20.0 Å². The second-order valence-corrected chi connectivity index (χ2v) is 4.75. The summed E-state index contributed by atoms with van der Waals surface area (Å²) >= 11 is 0. The number of methoxy groups -OCH3 is 1. The largest absolute Gasteiger partial charge is 0.464 e. The fourth-order valence-electron chi connectivity index (χ4n) is 2.44. The van der Waals surface area contributed by atoms with E-state index in [9.17, 15) is 4.79 Å². The minimum atomic E-state index is -0.312. The molecule has 1 aromatic heterocycles. The number of ether oxygens (including phenoxy) is 1. The monoisotopic (exact) mass is 287 g/mol. The number of likely N-dealkylation sites (tertiary alicyclic amines) is 1. The Hall–Kier alpha value is -1.04. The van der Waals surface area contributed by atoms with Crippen molar-refractivity contribution < 1.29 is 9.53 Å². The van der Waals surface area contributed by atoms with E-state index < -0.39 is 0 Å². The van der Waals surface area contributed by atoms with Crippen LogP contribution in [0.4, 0.5) is 0 Å². The lowest BCUT2D eigenvalue weighted by Gasteiger charge is -2.32. The number of nitrogens with zero attached hydrogens (tertiary/aromatic N) is 1. The predicted molar refractivity (Wildman–Crippen MR) is 76.7 cm³/mol. The molecular formula is C13H22ClN3O2. The topological polar surface area (TPSA) is 57.4 Å². The summed E-state index contributed by atoms with van der Waals surface area (Å²) in [5, 5.41) is 3.33. The third-order valence-electron chi connectivity index (χ3n) is 3.46. The Balaban J connectivity index is 0.00000180. The normalized spacial score (nSPS) is 19.8. The van der Waals surface area contributed by atoms with Gasteiger partial charge in [0.2, 0.25) is 0 Å². The first kappa shape index (κ1) is 16.0. The summed E-state index contributed by atoms with van der Waals surface area (Å²) in [4.78, 5) is 16.8. The molecule has 108 valence electrons. The number of hydrogen-bond donors (Lipinski definition) is 2. The summed E-state index contributed by atoms with van der Waals surface area (Å²) in [7, 11) is 3.41. The van der Waals surface area contributed by atoms with Gasteiger partial charge in [-0.05, 0) is 38.6 Å². The van der Waals surface area contributed by atoms with Gasteiger partial charge in [0.25, 0.3) is 0 Å². The van der Waals surface area contributed by atoms with E-state index in [1.807, 2.05) is 13.1 Å². The first-order valence-corrected chi connectivity index (χ1v) is 6.38. The molecule has 1 atom stereocenters. The molecule has 1 aromatic rings. The molecule has 1 aliphatic heterocycles. The Bertz CT molecular complexity index is 408. The van der Waals surface area contributed by atoms with Crippen LogP contribution in [0.3, 0.4) is 0 Å². The van der Waals surface area contributed by atoms with E-state index in [1.54, 1.807) is 6.07 Å². The van der Waals surface area contributed by atoms with Crippen LogP contribution in [0, 0.1) is 0 Å². The Kier molecular flexibility index (Phi) is 6.34. The number of carbonyl (C=O) groups excluding carboxylic acids is 1. The van der Waals surface area contributed by atoms with Crippen LogP contribution >= 0.6 is 12.4 Å². The Morgan fingerprint density at radius 3 is 3.05 bits per heavy atom. The number of halogens is 1. The molecule has 6 heteroatoms. The van der Waals surface area contributed by atoms with Crippen molar-refractivity contribution in [2.75, 3.05) is 27.2 Å². The molecule has 2 N–H and O–H groups in total. The minimum Gasteiger partial charge on any atom is -0.464 e. The number of nitrogens with one attached hydrogen (secondary N) is 2. The third kappa shape index (κ3) is 4.23. The highest BCUT2D eigenvalue weighted by molar-refractivity contribution is 5.87. The first-order chi connectivity index (χ1) is 8.72. The highest BCUT2D eigenvalue weighted by Crippen LogP contribution is 2.13. The lowest BCUT2D eigenvalue weighted by atomic mass is 10.1. The van der Waals surface area contributed by atoms with Crippen LogP contribution in [-0.2, 0) is 11.3 Å². The number of carbonyl (C=O) groups is 1. The first-order valence-electron chi connectivity index (χ1n) is 6.38. The molecule has 0 radical (unpaired) electrons. The molecule has 0 aromatic carbocycles. The lowest BCUT2D eigenvalue weighted by Crippen LogP contribution is -2.43. The van der Waals surface area contributed by atoms with Crippen molar-refractivity contribution in [2.45, 2.75) is 25.4 Å². The lowest BCUT2D eigenvalue weighted by molar-refractivity contribution is 0.0594. The number of piperidine rings is 1. The fraction of sp³-hybridized carbons (Fsp3) is 0.615. The predicted octanol–water partition coefficient (Wildman–Crippen LogP) is 1.41. The maximum absolute atomic E-state index is 11.3. The van der Waals surface area contributed by atoms with Crippen molar-refractivity contribution >= 4 is 18.4 Å². The van der Waals surface area contributed by atoms with Gasteiger partial charge in [-0.1, -0.05) is 0 Å². The van der Waals surface area contributed by atoms with Gasteiger partial charge in [-0.2, -0.15) is 0 Å². The Morgan fingerprint density at radius 1 is 1.58 bits per heavy atom. The van der Waals surface area contributed by atoms with E-state index in [-0.39, 0.29) is 18.4 Å². The molecular weight excluding hydrogens is 266 g/mol. The van der Waals surface area contributed by atoms with Crippen molar-refractivity contribution in [3.63, 3.8) is 0 Å². The summed E-state index contributed by atoms with van der Waals surface area (Å²) < 4.78 is 4.68. The molecule has 1 unspecified atom stereocenters. The second kappa shape index (κ2) is 7.53. The number of esters is 1. The molecule has 1 aliphatic rings. The van der Waals surface area contributed by atoms with E-state index in [2.05, 4.69) is 19.9 Å². The maximum atomic E-state index is 11.3. The van der Waals surface area contributed by atoms with Gasteiger partial charge < -0.3 is 15.0 Å². The number of likely N-dealkylation sites (N-methyl/N-ethyl adjacent to an activating group) is 1. The summed E-state index contributed by atoms with van der Waals surface area (Å²) in [6.45, 7) is 3.03. The van der Waals surface area contributed by atoms with Gasteiger partial charge >= 0.3 is 5.97 Å². The maximum Gasteiger partial charge on any atom is 0.354 e. The minimum absolute atomic E-state index is 0. The summed E-state index contributed by atoms with van der Waals surface area (Å²) in [5.74, 6) is -0.312. The van der Waals surface area contributed by atoms with Crippen molar-refractivity contribution in [3.8, 4) is 0 Å². The molecule has 5 nitrogen and oxygen atoms in total. The van der Waals surface area contributed by atoms with Gasteiger partial charge in [-0.25, -0.2) is 4.79 Å². The van der Waals surface area contributed by atoms with Gasteiger partial charge in [0.1, 0.15) is 5.69 Å². The van der Waals surface area contributed by atoms with E-state index >= 15 is 0 Å². The number of H-pyrrole nitrogens is 1. The van der Waals surface area contributed by atoms with Gasteiger partial charge in [0.15, 0.2) is 0 Å². The van der Waals surface area contributed by atoms with Crippen LogP contribution < -0.4 is 5.32 Å². The standard InChI is InChI=1S/C13H21N3O2.ClH/c1-14-10-4-3-7-16(8-10)9-11-5-6-12(15-11)13(17)18-2;/h5-6,10,14-15H,3-4,7-9H2,1-2H3;1H.